The number of aromatic nitrogens is 4. The van der Waals surface area contributed by atoms with Crippen molar-refractivity contribution in [1.29, 1.82) is 0 Å². The molecule has 0 amide bonds. The number of piperidine rings is 3. The van der Waals surface area contributed by atoms with Crippen LogP contribution in [0.3, 0.4) is 0 Å². The van der Waals surface area contributed by atoms with Gasteiger partial charge in [-0.3, -0.25) is 0 Å². The van der Waals surface area contributed by atoms with Crippen molar-refractivity contribution in [3.63, 3.8) is 0 Å². The highest BCUT2D eigenvalue weighted by Gasteiger charge is 2.44. The van der Waals surface area contributed by atoms with Crippen LogP contribution in [0.2, 0.25) is 0 Å². The second kappa shape index (κ2) is 10.5. The minimum atomic E-state index is -0.955. The topological polar surface area (TPSA) is 142 Å². The Hall–Kier alpha value is -3.84. The van der Waals surface area contributed by atoms with Gasteiger partial charge in [0.05, 0.1) is 18.2 Å². The molecule has 3 fully saturated rings. The smallest absolute Gasteiger partial charge is 0.423 e. The van der Waals surface area contributed by atoms with Crippen molar-refractivity contribution in [1.82, 2.24) is 25.0 Å². The second-order valence-electron chi connectivity index (χ2n) is 11.9. The first-order valence-electron chi connectivity index (χ1n) is 14.5. The van der Waals surface area contributed by atoms with Crippen LogP contribution < -0.4 is 16.1 Å². The molecule has 2 bridgehead atoms. The number of fused-ring (bicyclic) bond motifs is 4. The molecule has 42 heavy (non-hydrogen) atoms. The molecule has 4 aliphatic rings. The van der Waals surface area contributed by atoms with Gasteiger partial charge < -0.3 is 34.8 Å². The number of hydrogen-bond acceptors (Lipinski definition) is 11. The van der Waals surface area contributed by atoms with Crippen molar-refractivity contribution in [3.05, 3.63) is 71.7 Å². The van der Waals surface area contributed by atoms with Crippen LogP contribution in [0.4, 0.5) is 17.5 Å². The maximum Gasteiger partial charge on any atom is 0.492 e. The zero-order chi connectivity index (χ0) is 28.9. The van der Waals surface area contributed by atoms with Crippen molar-refractivity contribution in [2.24, 2.45) is 0 Å². The first kappa shape index (κ1) is 27.0. The lowest BCUT2D eigenvalue weighted by Crippen LogP contribution is -2.51. The van der Waals surface area contributed by atoms with Crippen molar-refractivity contribution in [2.75, 3.05) is 36.9 Å². The van der Waals surface area contributed by atoms with Gasteiger partial charge >= 0.3 is 7.12 Å². The molecule has 216 valence electrons. The Labute approximate surface area is 244 Å². The van der Waals surface area contributed by atoms with E-state index in [1.54, 1.807) is 6.20 Å². The van der Waals surface area contributed by atoms with E-state index >= 15 is 0 Å². The van der Waals surface area contributed by atoms with Crippen molar-refractivity contribution in [2.45, 2.75) is 50.2 Å². The molecule has 2 aromatic heterocycles. The Morgan fingerprint density at radius 1 is 1.05 bits per heavy atom. The van der Waals surface area contributed by atoms with Crippen molar-refractivity contribution >= 4 is 30.0 Å². The predicted octanol–water partition coefficient (Wildman–Crippen LogP) is 3.11. The lowest BCUT2D eigenvalue weighted by Gasteiger charge is -2.46. The summed E-state index contributed by atoms with van der Waals surface area (Å²) >= 11 is 0. The molecule has 1 unspecified atom stereocenters. The first-order valence-corrected chi connectivity index (χ1v) is 14.5. The molecule has 4 N–H and O–H groups in total. The van der Waals surface area contributed by atoms with Gasteiger partial charge in [0, 0.05) is 17.3 Å². The lowest BCUT2D eigenvalue weighted by molar-refractivity contribution is 0.0747. The zero-order valence-electron chi connectivity index (χ0n) is 23.7. The Morgan fingerprint density at radius 3 is 2.55 bits per heavy atom. The van der Waals surface area contributed by atoms with E-state index in [4.69, 9.17) is 19.1 Å². The molecule has 0 spiro atoms. The lowest BCUT2D eigenvalue weighted by atomic mass is 9.71. The van der Waals surface area contributed by atoms with E-state index in [0.717, 1.165) is 67.0 Å². The molecule has 0 saturated carbocycles. The molecule has 2 aromatic carbocycles. The number of nitrogens with zero attached hydrogens (tertiary/aromatic N) is 5. The Bertz CT molecular complexity index is 1580. The molecule has 3 saturated heterocycles. The summed E-state index contributed by atoms with van der Waals surface area (Å²) in [5.41, 5.74) is 3.19. The van der Waals surface area contributed by atoms with Gasteiger partial charge in [-0.2, -0.15) is 9.97 Å². The standard InChI is InChI=1S/C30H34BN7O4/c1-29(2)22-16-20(8-9-23(22)31(40)42-29)33-28-32-17-21(25(35-28)34-24(18-39)19-6-4-3-5-7-19)26-36-27(37-41-26)30-10-13-38(14-11-30)15-12-30/h3-9,16-17,24,39-40H,10-15,18H2,1-2H3,(H2,32,33,34,35). The van der Waals surface area contributed by atoms with Gasteiger partial charge in [0.15, 0.2) is 5.82 Å². The van der Waals surface area contributed by atoms with E-state index < -0.39 is 18.8 Å². The molecule has 11 nitrogen and oxygen atoms in total. The average Bonchev–Trinajstić information content (AvgIpc) is 3.60. The number of rotatable bonds is 8. The third kappa shape index (κ3) is 4.84. The molecular weight excluding hydrogens is 533 g/mol. The van der Waals surface area contributed by atoms with Crippen LogP contribution in [0.15, 0.2) is 59.3 Å². The van der Waals surface area contributed by atoms with Crippen LogP contribution in [-0.4, -0.2) is 68.5 Å². The maximum absolute atomic E-state index is 10.3. The van der Waals surface area contributed by atoms with E-state index in [1.807, 2.05) is 62.4 Å². The highest BCUT2D eigenvalue weighted by atomic mass is 16.5. The van der Waals surface area contributed by atoms with E-state index in [1.165, 1.54) is 0 Å². The van der Waals surface area contributed by atoms with E-state index in [-0.39, 0.29) is 12.0 Å². The highest BCUT2D eigenvalue weighted by Crippen LogP contribution is 2.42. The number of aliphatic hydroxyl groups is 1. The number of anilines is 3. The zero-order valence-corrected chi connectivity index (χ0v) is 23.7. The summed E-state index contributed by atoms with van der Waals surface area (Å²) < 4.78 is 11.5. The van der Waals surface area contributed by atoms with Crippen molar-refractivity contribution in [3.8, 4) is 11.5 Å². The Balaban J connectivity index is 1.23. The van der Waals surface area contributed by atoms with Crippen LogP contribution >= 0.6 is 0 Å². The van der Waals surface area contributed by atoms with Gasteiger partial charge in [0.1, 0.15) is 11.4 Å². The van der Waals surface area contributed by atoms with Gasteiger partial charge in [-0.05, 0) is 81.5 Å². The highest BCUT2D eigenvalue weighted by molar-refractivity contribution is 6.62. The summed E-state index contributed by atoms with van der Waals surface area (Å²) in [6, 6.07) is 14.9. The summed E-state index contributed by atoms with van der Waals surface area (Å²) in [5, 5.41) is 31.7. The second-order valence-corrected chi connectivity index (χ2v) is 11.9. The van der Waals surface area contributed by atoms with Gasteiger partial charge in [-0.1, -0.05) is 41.6 Å². The molecule has 1 atom stereocenters. The summed E-state index contributed by atoms with van der Waals surface area (Å²) in [7, 11) is -0.955. The number of hydrogen-bond donors (Lipinski definition) is 4. The predicted molar refractivity (Wildman–Crippen MR) is 159 cm³/mol. The van der Waals surface area contributed by atoms with Crippen LogP contribution in [0.1, 0.15) is 56.1 Å². The summed E-state index contributed by atoms with van der Waals surface area (Å²) in [4.78, 5) is 16.8. The van der Waals surface area contributed by atoms with Crippen LogP contribution in [0.5, 0.6) is 0 Å². The summed E-state index contributed by atoms with van der Waals surface area (Å²) in [6.07, 6.45) is 4.74. The molecule has 4 aromatic rings. The molecule has 8 rings (SSSR count). The van der Waals surface area contributed by atoms with Crippen LogP contribution in [0, 0.1) is 0 Å². The largest absolute Gasteiger partial charge is 0.492 e. The fourth-order valence-electron chi connectivity index (χ4n) is 6.41. The molecular formula is C30H34BN7O4. The molecule has 0 radical (unpaired) electrons. The molecule has 12 heteroatoms. The molecule has 6 heterocycles. The van der Waals surface area contributed by atoms with Gasteiger partial charge in [0.25, 0.3) is 5.89 Å². The number of benzene rings is 2. The normalized spacial score (nSPS) is 23.0. The third-order valence-electron chi connectivity index (χ3n) is 8.97. The van der Waals surface area contributed by atoms with E-state index in [2.05, 4.69) is 25.7 Å². The molecule has 4 aliphatic heterocycles. The number of nitrogens with one attached hydrogen (secondary N) is 2. The van der Waals surface area contributed by atoms with Crippen molar-refractivity contribution < 1.29 is 19.3 Å². The summed E-state index contributed by atoms with van der Waals surface area (Å²) in [5.74, 6) is 1.90. The fraction of sp³-hybridized carbons (Fsp3) is 0.400. The van der Waals surface area contributed by atoms with Crippen LogP contribution in [-0.2, 0) is 15.7 Å². The van der Waals surface area contributed by atoms with Gasteiger partial charge in [-0.25, -0.2) is 4.98 Å². The fourth-order valence-corrected chi connectivity index (χ4v) is 6.41. The number of aliphatic hydroxyl groups excluding tert-OH is 1. The summed E-state index contributed by atoms with van der Waals surface area (Å²) in [6.45, 7) is 6.87. The van der Waals surface area contributed by atoms with E-state index in [0.29, 0.717) is 23.2 Å². The average molecular weight is 567 g/mol. The SMILES string of the molecule is CC1(C)OB(O)c2ccc(Nc3ncc(-c4nc(C56CCN(CC5)CC6)no4)c(NC(CO)c4ccccc4)n3)cc21. The van der Waals surface area contributed by atoms with E-state index in [9.17, 15) is 10.1 Å². The Kier molecular flexibility index (Phi) is 6.73. The first-order chi connectivity index (χ1) is 20.3. The quantitative estimate of drug-likeness (QED) is 0.233. The van der Waals surface area contributed by atoms with Gasteiger partial charge in [-0.15, -0.1) is 0 Å². The molecule has 0 aliphatic carbocycles. The van der Waals surface area contributed by atoms with Crippen LogP contribution in [0.25, 0.3) is 11.5 Å². The maximum atomic E-state index is 10.3. The minimum absolute atomic E-state index is 0.0528. The monoisotopic (exact) mass is 567 g/mol. The van der Waals surface area contributed by atoms with Gasteiger partial charge in [0.2, 0.25) is 5.95 Å². The minimum Gasteiger partial charge on any atom is -0.423 e. The third-order valence-corrected chi connectivity index (χ3v) is 8.97. The Morgan fingerprint density at radius 2 is 1.81 bits per heavy atom.